The molecule has 0 aromatic carbocycles. The number of aryl methyl sites for hydroxylation is 1. The van der Waals surface area contributed by atoms with Gasteiger partial charge in [-0.25, -0.2) is 0 Å². The molecule has 0 saturated carbocycles. The minimum atomic E-state index is 0.663. The Hall–Kier alpha value is -0.800. The van der Waals surface area contributed by atoms with E-state index in [-0.39, 0.29) is 0 Å². The van der Waals surface area contributed by atoms with Gasteiger partial charge >= 0.3 is 0 Å². The summed E-state index contributed by atoms with van der Waals surface area (Å²) < 4.78 is 11.4. The number of hydrogen-bond acceptors (Lipinski definition) is 3. The van der Waals surface area contributed by atoms with Crippen LogP contribution in [0.3, 0.4) is 0 Å². The first kappa shape index (κ1) is 15.3. The quantitative estimate of drug-likeness (QED) is 0.682. The van der Waals surface area contributed by atoms with Crippen LogP contribution in [-0.4, -0.2) is 13.2 Å². The third kappa shape index (κ3) is 5.69. The van der Waals surface area contributed by atoms with E-state index in [1.165, 1.54) is 5.56 Å². The van der Waals surface area contributed by atoms with Crippen LogP contribution >= 0.6 is 0 Å². The number of hydrogen-bond donors (Lipinski definition) is 1. The molecule has 0 spiro atoms. The first-order valence-electron chi connectivity index (χ1n) is 7.00. The van der Waals surface area contributed by atoms with Gasteiger partial charge in [-0.15, -0.1) is 0 Å². The summed E-state index contributed by atoms with van der Waals surface area (Å²) in [6, 6.07) is 2.10. The van der Waals surface area contributed by atoms with Crippen molar-refractivity contribution in [3.8, 4) is 0 Å². The van der Waals surface area contributed by atoms with Gasteiger partial charge in [0.15, 0.2) is 0 Å². The van der Waals surface area contributed by atoms with E-state index in [0.717, 1.165) is 44.1 Å². The second-order valence-electron chi connectivity index (χ2n) is 5.21. The van der Waals surface area contributed by atoms with E-state index < -0.39 is 0 Å². The minimum Gasteiger partial charge on any atom is -0.465 e. The molecular formula is C15H27NO2. The van der Waals surface area contributed by atoms with Crippen LogP contribution in [0.15, 0.2) is 10.5 Å². The largest absolute Gasteiger partial charge is 0.465 e. The zero-order valence-corrected chi connectivity index (χ0v) is 12.2. The molecule has 0 fully saturated rings. The Balaban J connectivity index is 2.32. The third-order valence-electron chi connectivity index (χ3n) is 2.89. The van der Waals surface area contributed by atoms with E-state index in [0.29, 0.717) is 12.5 Å². The summed E-state index contributed by atoms with van der Waals surface area (Å²) >= 11 is 0. The summed E-state index contributed by atoms with van der Waals surface area (Å²) in [6.07, 6.45) is 2.26. The predicted octanol–water partition coefficient (Wildman–Crippen LogP) is 3.65. The molecule has 1 heterocycles. The van der Waals surface area contributed by atoms with Gasteiger partial charge in [-0.1, -0.05) is 20.8 Å². The van der Waals surface area contributed by atoms with Gasteiger partial charge < -0.3 is 14.5 Å². The Morgan fingerprint density at radius 3 is 2.83 bits per heavy atom. The van der Waals surface area contributed by atoms with Crippen molar-refractivity contribution >= 4 is 0 Å². The summed E-state index contributed by atoms with van der Waals surface area (Å²) in [5.74, 6) is 2.68. The van der Waals surface area contributed by atoms with Gasteiger partial charge in [0.2, 0.25) is 0 Å². The number of ether oxygens (including phenoxy) is 1. The van der Waals surface area contributed by atoms with Gasteiger partial charge in [0.1, 0.15) is 11.5 Å². The molecule has 1 aromatic heterocycles. The molecule has 1 aromatic rings. The van der Waals surface area contributed by atoms with Crippen molar-refractivity contribution in [2.45, 2.75) is 53.7 Å². The molecule has 0 radical (unpaired) electrons. The maximum Gasteiger partial charge on any atom is 0.118 e. The standard InChI is InChI=1S/C15H27NO2/c1-5-7-16-10-15-9-14(13(4)18-15)11-17-8-6-12(2)3/h9,12,16H,5-8,10-11H2,1-4H3. The average Bonchev–Trinajstić information content (AvgIpc) is 2.66. The van der Waals surface area contributed by atoms with Crippen molar-refractivity contribution in [3.05, 3.63) is 23.2 Å². The van der Waals surface area contributed by atoms with Gasteiger partial charge in [-0.2, -0.15) is 0 Å². The van der Waals surface area contributed by atoms with Crippen molar-refractivity contribution in [1.29, 1.82) is 0 Å². The molecule has 0 aliphatic heterocycles. The Morgan fingerprint density at radius 1 is 1.39 bits per heavy atom. The fraction of sp³-hybridized carbons (Fsp3) is 0.733. The summed E-state index contributed by atoms with van der Waals surface area (Å²) in [5, 5.41) is 3.34. The second-order valence-corrected chi connectivity index (χ2v) is 5.21. The molecule has 0 aliphatic carbocycles. The van der Waals surface area contributed by atoms with Gasteiger partial charge in [-0.05, 0) is 38.3 Å². The highest BCUT2D eigenvalue weighted by Crippen LogP contribution is 2.16. The van der Waals surface area contributed by atoms with Crippen LogP contribution in [-0.2, 0) is 17.9 Å². The number of furan rings is 1. The number of rotatable bonds is 9. The van der Waals surface area contributed by atoms with Gasteiger partial charge in [0, 0.05) is 12.2 Å². The summed E-state index contributed by atoms with van der Waals surface area (Å²) in [6.45, 7) is 11.9. The topological polar surface area (TPSA) is 34.4 Å². The Kier molecular flexibility index (Phi) is 7.06. The lowest BCUT2D eigenvalue weighted by molar-refractivity contribution is 0.110. The van der Waals surface area contributed by atoms with Crippen LogP contribution in [0, 0.1) is 12.8 Å². The van der Waals surface area contributed by atoms with Crippen LogP contribution in [0.1, 0.15) is 50.7 Å². The van der Waals surface area contributed by atoms with Crippen molar-refractivity contribution in [2.75, 3.05) is 13.2 Å². The molecule has 0 unspecified atom stereocenters. The zero-order chi connectivity index (χ0) is 13.4. The molecule has 1 N–H and O–H groups in total. The summed E-state index contributed by atoms with van der Waals surface area (Å²) in [7, 11) is 0. The zero-order valence-electron chi connectivity index (χ0n) is 12.2. The molecule has 18 heavy (non-hydrogen) atoms. The van der Waals surface area contributed by atoms with Gasteiger partial charge in [0.05, 0.1) is 13.2 Å². The first-order valence-corrected chi connectivity index (χ1v) is 7.00. The first-order chi connectivity index (χ1) is 8.63. The molecule has 0 aliphatic rings. The molecule has 0 bridgehead atoms. The van der Waals surface area contributed by atoms with E-state index in [1.807, 2.05) is 6.92 Å². The van der Waals surface area contributed by atoms with Crippen molar-refractivity contribution < 1.29 is 9.15 Å². The lowest BCUT2D eigenvalue weighted by Crippen LogP contribution is -2.13. The molecule has 3 heteroatoms. The summed E-state index contributed by atoms with van der Waals surface area (Å²) in [4.78, 5) is 0. The smallest absolute Gasteiger partial charge is 0.118 e. The Labute approximate surface area is 111 Å². The fourth-order valence-electron chi connectivity index (χ4n) is 1.71. The van der Waals surface area contributed by atoms with Crippen LogP contribution in [0.5, 0.6) is 0 Å². The molecular weight excluding hydrogens is 226 g/mol. The normalized spacial score (nSPS) is 11.4. The van der Waals surface area contributed by atoms with Crippen LogP contribution < -0.4 is 5.32 Å². The fourth-order valence-corrected chi connectivity index (χ4v) is 1.71. The van der Waals surface area contributed by atoms with E-state index in [2.05, 4.69) is 32.2 Å². The molecule has 3 nitrogen and oxygen atoms in total. The average molecular weight is 253 g/mol. The van der Waals surface area contributed by atoms with Gasteiger partial charge in [0.25, 0.3) is 0 Å². The molecule has 0 atom stereocenters. The highest BCUT2D eigenvalue weighted by molar-refractivity contribution is 5.19. The SMILES string of the molecule is CCCNCc1cc(COCCC(C)C)c(C)o1. The molecule has 104 valence electrons. The van der Waals surface area contributed by atoms with Crippen LogP contribution in [0.2, 0.25) is 0 Å². The third-order valence-corrected chi connectivity index (χ3v) is 2.89. The Morgan fingerprint density at radius 2 is 2.17 bits per heavy atom. The maximum atomic E-state index is 5.70. The summed E-state index contributed by atoms with van der Waals surface area (Å²) in [5.41, 5.74) is 1.17. The predicted molar refractivity (Wildman–Crippen MR) is 74.6 cm³/mol. The van der Waals surface area contributed by atoms with Crippen LogP contribution in [0.4, 0.5) is 0 Å². The lowest BCUT2D eigenvalue weighted by atomic mass is 10.1. The van der Waals surface area contributed by atoms with E-state index >= 15 is 0 Å². The highest BCUT2D eigenvalue weighted by Gasteiger charge is 2.07. The van der Waals surface area contributed by atoms with E-state index in [1.54, 1.807) is 0 Å². The van der Waals surface area contributed by atoms with Crippen molar-refractivity contribution in [3.63, 3.8) is 0 Å². The van der Waals surface area contributed by atoms with E-state index in [9.17, 15) is 0 Å². The van der Waals surface area contributed by atoms with Crippen molar-refractivity contribution in [1.82, 2.24) is 5.32 Å². The lowest BCUT2D eigenvalue weighted by Gasteiger charge is -2.05. The number of nitrogens with one attached hydrogen (secondary N) is 1. The molecule has 0 amide bonds. The second kappa shape index (κ2) is 8.33. The van der Waals surface area contributed by atoms with Crippen molar-refractivity contribution in [2.24, 2.45) is 5.92 Å². The molecule has 1 rings (SSSR count). The molecule has 0 saturated heterocycles. The maximum absolute atomic E-state index is 5.70. The highest BCUT2D eigenvalue weighted by atomic mass is 16.5. The van der Waals surface area contributed by atoms with E-state index in [4.69, 9.17) is 9.15 Å². The van der Waals surface area contributed by atoms with Gasteiger partial charge in [-0.3, -0.25) is 0 Å². The monoisotopic (exact) mass is 253 g/mol. The minimum absolute atomic E-state index is 0.663. The van der Waals surface area contributed by atoms with Crippen LogP contribution in [0.25, 0.3) is 0 Å². The Bertz CT molecular complexity index is 331.